The van der Waals surface area contributed by atoms with Crippen LogP contribution in [0.5, 0.6) is 0 Å². The molecule has 0 aromatic carbocycles. The van der Waals surface area contributed by atoms with Crippen molar-refractivity contribution in [3.05, 3.63) is 39.1 Å². The number of alkyl carbamates (subject to hydrolysis) is 1. The van der Waals surface area contributed by atoms with Crippen LogP contribution < -0.4 is 10.2 Å². The molecule has 38 heavy (non-hydrogen) atoms. The van der Waals surface area contributed by atoms with E-state index >= 15 is 0 Å². The van der Waals surface area contributed by atoms with Crippen LogP contribution in [0.25, 0.3) is 0 Å². The molecule has 0 radical (unpaired) electrons. The molecule has 13 heteroatoms. The molecule has 0 spiro atoms. The van der Waals surface area contributed by atoms with Gasteiger partial charge in [0, 0.05) is 26.1 Å². The van der Waals surface area contributed by atoms with Crippen LogP contribution in [-0.4, -0.2) is 52.6 Å². The van der Waals surface area contributed by atoms with Gasteiger partial charge in [0.1, 0.15) is 11.3 Å². The lowest BCUT2D eigenvalue weighted by atomic mass is 9.72. The molecule has 0 aliphatic carbocycles. The Bertz CT molecular complexity index is 1110. The first-order valence-corrected chi connectivity index (χ1v) is 13.4. The molecular weight excluding hydrogens is 586 g/mol. The van der Waals surface area contributed by atoms with Crippen LogP contribution in [0.3, 0.4) is 0 Å². The maximum absolute atomic E-state index is 13.8. The third-order valence-corrected chi connectivity index (χ3v) is 7.25. The number of hydrogen-bond acceptors (Lipinski definition) is 7. The van der Waals surface area contributed by atoms with Crippen LogP contribution >= 0.6 is 27.3 Å². The molecule has 0 saturated heterocycles. The van der Waals surface area contributed by atoms with Crippen LogP contribution in [-0.2, 0) is 22.0 Å². The number of thiazole rings is 1. The van der Waals surface area contributed by atoms with E-state index in [1.807, 2.05) is 20.8 Å². The quantitative estimate of drug-likeness (QED) is 0.318. The van der Waals surface area contributed by atoms with Gasteiger partial charge in [0.2, 0.25) is 0 Å². The number of pyridine rings is 1. The lowest BCUT2D eigenvalue weighted by Gasteiger charge is -2.39. The van der Waals surface area contributed by atoms with Crippen molar-refractivity contribution in [1.29, 1.82) is 0 Å². The van der Waals surface area contributed by atoms with Crippen molar-refractivity contribution in [1.82, 2.24) is 15.3 Å². The van der Waals surface area contributed by atoms with Gasteiger partial charge in [0.15, 0.2) is 5.13 Å². The van der Waals surface area contributed by atoms with Crippen LogP contribution in [0.1, 0.15) is 71.3 Å². The fourth-order valence-electron chi connectivity index (χ4n) is 3.98. The van der Waals surface area contributed by atoms with Crippen molar-refractivity contribution in [3.63, 3.8) is 0 Å². The van der Waals surface area contributed by atoms with Crippen molar-refractivity contribution in [3.8, 4) is 0 Å². The monoisotopic (exact) mass is 620 g/mol. The van der Waals surface area contributed by atoms with Gasteiger partial charge in [-0.05, 0) is 53.7 Å². The van der Waals surface area contributed by atoms with E-state index in [9.17, 15) is 23.5 Å². The minimum atomic E-state index is -3.12. The third-order valence-electron chi connectivity index (χ3n) is 5.39. The SMILES string of the molecule is COCc1nc(N(C[C@@H](NC(=O)OC(C)(C)C)C(c2ccc(C(C)(F)F)nc2)C(C)(C)C)C(=O)O)sc1Br. The molecule has 0 fully saturated rings. The molecule has 2 aromatic rings. The molecule has 2 rings (SSSR count). The highest BCUT2D eigenvalue weighted by molar-refractivity contribution is 9.11. The molecule has 9 nitrogen and oxygen atoms in total. The maximum Gasteiger partial charge on any atom is 0.413 e. The van der Waals surface area contributed by atoms with E-state index < -0.39 is 46.8 Å². The maximum atomic E-state index is 13.8. The summed E-state index contributed by atoms with van der Waals surface area (Å²) in [6.07, 6.45) is -0.682. The normalized spacial score (nSPS) is 14.1. The van der Waals surface area contributed by atoms with E-state index in [-0.39, 0.29) is 18.3 Å². The van der Waals surface area contributed by atoms with Gasteiger partial charge in [-0.1, -0.05) is 38.2 Å². The van der Waals surface area contributed by atoms with E-state index in [1.165, 1.54) is 25.4 Å². The molecule has 0 bridgehead atoms. The first-order chi connectivity index (χ1) is 17.3. The van der Waals surface area contributed by atoms with Gasteiger partial charge in [0.05, 0.1) is 28.7 Å². The fraction of sp³-hybridized carbons (Fsp3) is 0.600. The van der Waals surface area contributed by atoms with Gasteiger partial charge in [-0.2, -0.15) is 8.78 Å². The number of alkyl halides is 2. The molecule has 2 N–H and O–H groups in total. The average molecular weight is 622 g/mol. The number of carboxylic acid groups (broad SMARTS) is 1. The van der Waals surface area contributed by atoms with Crippen molar-refractivity contribution >= 4 is 44.6 Å². The highest BCUT2D eigenvalue weighted by Crippen LogP contribution is 2.40. The Balaban J connectivity index is 2.58. The van der Waals surface area contributed by atoms with Crippen molar-refractivity contribution < 1.29 is 33.0 Å². The fourth-order valence-corrected chi connectivity index (χ4v) is 5.41. The van der Waals surface area contributed by atoms with E-state index in [1.54, 1.807) is 20.8 Å². The number of ether oxygens (including phenoxy) is 2. The number of hydrogen-bond donors (Lipinski definition) is 2. The number of nitrogens with one attached hydrogen (secondary N) is 1. The van der Waals surface area contributed by atoms with Crippen LogP contribution in [0.4, 0.5) is 23.5 Å². The summed E-state index contributed by atoms with van der Waals surface area (Å²) in [6, 6.07) is 1.92. The molecule has 1 unspecified atom stereocenters. The Hall–Kier alpha value is -2.38. The second-order valence-corrected chi connectivity index (χ2v) is 13.3. The van der Waals surface area contributed by atoms with E-state index in [0.29, 0.717) is 15.0 Å². The van der Waals surface area contributed by atoms with Gasteiger partial charge in [-0.3, -0.25) is 9.88 Å². The van der Waals surface area contributed by atoms with Crippen LogP contribution in [0.15, 0.2) is 22.1 Å². The molecular formula is C25H35BrF2N4O5S. The zero-order valence-electron chi connectivity index (χ0n) is 22.8. The molecule has 2 amide bonds. The number of rotatable bonds is 9. The van der Waals surface area contributed by atoms with Crippen LogP contribution in [0, 0.1) is 5.41 Å². The summed E-state index contributed by atoms with van der Waals surface area (Å²) in [6.45, 7) is 11.6. The third kappa shape index (κ3) is 8.84. The zero-order chi connectivity index (χ0) is 29.1. The summed E-state index contributed by atoms with van der Waals surface area (Å²) >= 11 is 4.50. The van der Waals surface area contributed by atoms with E-state index in [4.69, 9.17) is 9.47 Å². The Kier molecular flexibility index (Phi) is 10.2. The second-order valence-electron chi connectivity index (χ2n) is 11.0. The number of methoxy groups -OCH3 is 1. The minimum Gasteiger partial charge on any atom is -0.465 e. The minimum absolute atomic E-state index is 0.175. The van der Waals surface area contributed by atoms with Gasteiger partial charge in [-0.15, -0.1) is 0 Å². The van der Waals surface area contributed by atoms with E-state index in [2.05, 4.69) is 31.2 Å². The molecule has 2 heterocycles. The number of aromatic nitrogens is 2. The zero-order valence-corrected chi connectivity index (χ0v) is 25.2. The first kappa shape index (κ1) is 31.8. The Morgan fingerprint density at radius 3 is 2.26 bits per heavy atom. The highest BCUT2D eigenvalue weighted by Gasteiger charge is 2.39. The lowest BCUT2D eigenvalue weighted by Crippen LogP contribution is -2.52. The number of carbonyl (C=O) groups excluding carboxylic acids is 1. The summed E-state index contributed by atoms with van der Waals surface area (Å²) < 4.78 is 38.9. The molecule has 0 aliphatic rings. The topological polar surface area (TPSA) is 114 Å². The van der Waals surface area contributed by atoms with Gasteiger partial charge in [0.25, 0.3) is 5.92 Å². The molecule has 2 aromatic heterocycles. The average Bonchev–Trinajstić information content (AvgIpc) is 3.09. The summed E-state index contributed by atoms with van der Waals surface area (Å²) in [5, 5.41) is 13.1. The summed E-state index contributed by atoms with van der Waals surface area (Å²) in [5.74, 6) is -3.67. The van der Waals surface area contributed by atoms with Crippen molar-refractivity contribution in [2.45, 2.75) is 78.6 Å². The van der Waals surface area contributed by atoms with Gasteiger partial charge < -0.3 is 19.9 Å². The molecule has 2 atom stereocenters. The van der Waals surface area contributed by atoms with Gasteiger partial charge in [-0.25, -0.2) is 14.6 Å². The Labute approximate surface area is 234 Å². The first-order valence-electron chi connectivity index (χ1n) is 11.8. The Morgan fingerprint density at radius 1 is 1.18 bits per heavy atom. The smallest absolute Gasteiger partial charge is 0.413 e. The van der Waals surface area contributed by atoms with Crippen LogP contribution in [0.2, 0.25) is 0 Å². The number of nitrogens with zero attached hydrogens (tertiary/aromatic N) is 3. The lowest BCUT2D eigenvalue weighted by molar-refractivity contribution is 0.0127. The van der Waals surface area contributed by atoms with E-state index in [0.717, 1.165) is 23.2 Å². The predicted octanol–water partition coefficient (Wildman–Crippen LogP) is 6.77. The predicted molar refractivity (Wildman–Crippen MR) is 145 cm³/mol. The number of anilines is 1. The molecule has 0 saturated carbocycles. The number of carbonyl (C=O) groups is 2. The van der Waals surface area contributed by atoms with Crippen molar-refractivity contribution in [2.24, 2.45) is 5.41 Å². The second kappa shape index (κ2) is 12.2. The molecule has 212 valence electrons. The summed E-state index contributed by atoms with van der Waals surface area (Å²) in [5.41, 5.74) is -0.674. The standard InChI is InChI=1S/C25H35BrF2N4O5S/c1-23(2,3)18(14-9-10-17(29-11-14)25(7,27)28)15(31-21(33)37-24(4,5)6)12-32(22(34)35)20-30-16(13-36-8)19(26)38-20/h9-11,15,18H,12-13H2,1-8H3,(H,31,33)(H,34,35)/t15-,18?/m1/s1. The summed E-state index contributed by atoms with van der Waals surface area (Å²) in [4.78, 5) is 34.7. The number of amides is 2. The Morgan fingerprint density at radius 2 is 1.82 bits per heavy atom. The van der Waals surface area contributed by atoms with Gasteiger partial charge >= 0.3 is 12.2 Å². The summed E-state index contributed by atoms with van der Waals surface area (Å²) in [7, 11) is 1.50. The van der Waals surface area contributed by atoms with Crippen molar-refractivity contribution in [2.75, 3.05) is 18.6 Å². The number of halogens is 3. The highest BCUT2D eigenvalue weighted by atomic mass is 79.9. The largest absolute Gasteiger partial charge is 0.465 e. The molecule has 0 aliphatic heterocycles.